The van der Waals surface area contributed by atoms with Crippen molar-refractivity contribution in [1.29, 1.82) is 0 Å². The lowest BCUT2D eigenvalue weighted by Gasteiger charge is -2.36. The van der Waals surface area contributed by atoms with Crippen LogP contribution in [0.4, 0.5) is 0 Å². The summed E-state index contributed by atoms with van der Waals surface area (Å²) in [5.74, 6) is 0.505. The Morgan fingerprint density at radius 1 is 1.03 bits per heavy atom. The van der Waals surface area contributed by atoms with Crippen LogP contribution in [0, 0.1) is 0 Å². The summed E-state index contributed by atoms with van der Waals surface area (Å²) in [5.41, 5.74) is 2.05. The highest BCUT2D eigenvalue weighted by Gasteiger charge is 2.35. The number of ether oxygens (including phenoxy) is 2. The average Bonchev–Trinajstić information content (AvgIpc) is 2.78. The van der Waals surface area contributed by atoms with Crippen LogP contribution >= 0.6 is 0 Å². The predicted molar refractivity (Wildman–Crippen MR) is 107 cm³/mol. The van der Waals surface area contributed by atoms with Crippen LogP contribution in [0.5, 0.6) is 5.75 Å². The third kappa shape index (κ3) is 3.88. The van der Waals surface area contributed by atoms with Crippen molar-refractivity contribution in [2.24, 2.45) is 0 Å². The van der Waals surface area contributed by atoms with Gasteiger partial charge in [-0.3, -0.25) is 4.79 Å². The lowest BCUT2D eigenvalue weighted by molar-refractivity contribution is -0.146. The summed E-state index contributed by atoms with van der Waals surface area (Å²) in [6, 6.07) is 14.2. The van der Waals surface area contributed by atoms with Gasteiger partial charge in [0.05, 0.1) is 18.6 Å². The molecule has 2 aromatic carbocycles. The molecule has 0 aliphatic carbocycles. The van der Waals surface area contributed by atoms with Gasteiger partial charge in [-0.25, -0.2) is 8.42 Å². The molecule has 0 N–H and O–H groups in total. The molecule has 1 saturated heterocycles. The van der Waals surface area contributed by atoms with Gasteiger partial charge in [0, 0.05) is 26.2 Å². The first-order chi connectivity index (χ1) is 14.0. The topological polar surface area (TPSA) is 76.2 Å². The number of hydrogen-bond acceptors (Lipinski definition) is 5. The molecule has 0 unspecified atom stereocenters. The first kappa shape index (κ1) is 19.9. The Bertz CT molecular complexity index is 982. The van der Waals surface area contributed by atoms with Crippen LogP contribution in [0.15, 0.2) is 53.4 Å². The van der Waals surface area contributed by atoms with Crippen molar-refractivity contribution < 1.29 is 22.7 Å². The minimum Gasteiger partial charge on any atom is -0.497 e. The molecular formula is C21H24N2O5S. The highest BCUT2D eigenvalue weighted by molar-refractivity contribution is 7.89. The molecule has 8 heteroatoms. The molecule has 2 heterocycles. The summed E-state index contributed by atoms with van der Waals surface area (Å²) in [7, 11) is -2.07. The van der Waals surface area contributed by atoms with E-state index in [9.17, 15) is 13.2 Å². The maximum Gasteiger partial charge on any atom is 0.256 e. The van der Waals surface area contributed by atoms with Gasteiger partial charge in [0.1, 0.15) is 5.75 Å². The second kappa shape index (κ2) is 8.14. The molecular weight excluding hydrogens is 392 g/mol. The molecule has 4 rings (SSSR count). The third-order valence-corrected chi connectivity index (χ3v) is 7.38. The van der Waals surface area contributed by atoms with E-state index in [2.05, 4.69) is 0 Å². The highest BCUT2D eigenvalue weighted by Crippen LogP contribution is 2.29. The van der Waals surface area contributed by atoms with E-state index in [1.54, 1.807) is 29.2 Å². The summed E-state index contributed by atoms with van der Waals surface area (Å²) < 4.78 is 38.1. The van der Waals surface area contributed by atoms with Crippen LogP contribution in [-0.2, 0) is 26.0 Å². The fourth-order valence-electron chi connectivity index (χ4n) is 3.81. The Hall–Kier alpha value is -2.42. The van der Waals surface area contributed by atoms with Gasteiger partial charge in [-0.2, -0.15) is 4.31 Å². The van der Waals surface area contributed by atoms with E-state index in [0.717, 1.165) is 17.5 Å². The molecule has 2 aliphatic heterocycles. The molecule has 0 spiro atoms. The zero-order chi connectivity index (χ0) is 20.4. The van der Waals surface area contributed by atoms with Gasteiger partial charge in [0.2, 0.25) is 10.0 Å². The van der Waals surface area contributed by atoms with E-state index in [0.29, 0.717) is 25.4 Å². The third-order valence-electron chi connectivity index (χ3n) is 5.47. The fourth-order valence-corrected chi connectivity index (χ4v) is 5.23. The van der Waals surface area contributed by atoms with Crippen LogP contribution in [0.1, 0.15) is 17.2 Å². The van der Waals surface area contributed by atoms with E-state index in [4.69, 9.17) is 9.47 Å². The van der Waals surface area contributed by atoms with Crippen LogP contribution < -0.4 is 4.74 Å². The van der Waals surface area contributed by atoms with E-state index in [1.807, 2.05) is 24.3 Å². The van der Waals surface area contributed by atoms with Crippen molar-refractivity contribution in [3.05, 3.63) is 59.7 Å². The van der Waals surface area contributed by atoms with E-state index < -0.39 is 16.1 Å². The van der Waals surface area contributed by atoms with Crippen LogP contribution in [0.3, 0.4) is 0 Å². The van der Waals surface area contributed by atoms with Gasteiger partial charge in [-0.05, 0) is 41.8 Å². The molecule has 1 atom stereocenters. The Labute approximate surface area is 170 Å². The molecule has 1 amide bonds. The van der Waals surface area contributed by atoms with Gasteiger partial charge in [0.15, 0.2) is 6.10 Å². The summed E-state index contributed by atoms with van der Waals surface area (Å²) >= 11 is 0. The van der Waals surface area contributed by atoms with E-state index in [1.165, 1.54) is 11.4 Å². The van der Waals surface area contributed by atoms with Gasteiger partial charge in [-0.15, -0.1) is 0 Å². The van der Waals surface area contributed by atoms with Crippen molar-refractivity contribution in [3.63, 3.8) is 0 Å². The highest BCUT2D eigenvalue weighted by atomic mass is 32.2. The van der Waals surface area contributed by atoms with E-state index >= 15 is 0 Å². The fraction of sp³-hybridized carbons (Fsp3) is 0.381. The van der Waals surface area contributed by atoms with Crippen LogP contribution in [-0.4, -0.2) is 63.4 Å². The first-order valence-electron chi connectivity index (χ1n) is 9.63. The maximum atomic E-state index is 13.0. The molecule has 0 radical (unpaired) electrons. The Morgan fingerprint density at radius 2 is 1.72 bits per heavy atom. The summed E-state index contributed by atoms with van der Waals surface area (Å²) in [4.78, 5) is 15.0. The molecule has 0 aromatic heterocycles. The monoisotopic (exact) mass is 416 g/mol. The van der Waals surface area contributed by atoms with Gasteiger partial charge >= 0.3 is 0 Å². The zero-order valence-corrected chi connectivity index (χ0v) is 17.1. The molecule has 154 valence electrons. The lowest BCUT2D eigenvalue weighted by atomic mass is 9.96. The maximum absolute atomic E-state index is 13.0. The second-order valence-electron chi connectivity index (χ2n) is 7.10. The van der Waals surface area contributed by atoms with Gasteiger partial charge < -0.3 is 14.4 Å². The summed E-state index contributed by atoms with van der Waals surface area (Å²) in [6.45, 7) is 1.72. The number of hydrogen-bond donors (Lipinski definition) is 0. The van der Waals surface area contributed by atoms with Crippen molar-refractivity contribution >= 4 is 15.9 Å². The largest absolute Gasteiger partial charge is 0.497 e. The quantitative estimate of drug-likeness (QED) is 0.760. The number of carbonyl (C=O) groups is 1. The average molecular weight is 416 g/mol. The Morgan fingerprint density at radius 3 is 2.41 bits per heavy atom. The number of benzene rings is 2. The standard InChI is InChI=1S/C21H24N2O5S/c1-27-17-6-8-18(9-7-17)29(25,26)23-13-11-22(12-14-23)21(24)20-19-5-3-2-4-16(19)10-15-28-20/h2-9,20H,10-15H2,1H3/t20-/m0/s1. The molecule has 29 heavy (non-hydrogen) atoms. The molecule has 7 nitrogen and oxygen atoms in total. The Balaban J connectivity index is 1.43. The molecule has 0 bridgehead atoms. The number of amides is 1. The van der Waals surface area contributed by atoms with Gasteiger partial charge in [0.25, 0.3) is 5.91 Å². The molecule has 2 aliphatic rings. The summed E-state index contributed by atoms with van der Waals surface area (Å²) in [5, 5.41) is 0. The number of methoxy groups -OCH3 is 1. The van der Waals surface area contributed by atoms with Crippen molar-refractivity contribution in [1.82, 2.24) is 9.21 Å². The smallest absolute Gasteiger partial charge is 0.256 e. The number of rotatable bonds is 4. The molecule has 1 fully saturated rings. The van der Waals surface area contributed by atoms with Crippen molar-refractivity contribution in [2.45, 2.75) is 17.4 Å². The van der Waals surface area contributed by atoms with Gasteiger partial charge in [-0.1, -0.05) is 24.3 Å². The predicted octanol–water partition coefficient (Wildman–Crippen LogP) is 1.84. The number of carbonyl (C=O) groups excluding carboxylic acids is 1. The normalized spacial score (nSPS) is 20.2. The SMILES string of the molecule is COc1ccc(S(=O)(=O)N2CCN(C(=O)[C@H]3OCCc4ccccc43)CC2)cc1. The van der Waals surface area contributed by atoms with Crippen molar-refractivity contribution in [2.75, 3.05) is 39.9 Å². The number of nitrogens with zero attached hydrogens (tertiary/aromatic N) is 2. The zero-order valence-electron chi connectivity index (χ0n) is 16.3. The first-order valence-corrected chi connectivity index (χ1v) is 11.1. The number of piperazine rings is 1. The van der Waals surface area contributed by atoms with Crippen LogP contribution in [0.2, 0.25) is 0 Å². The Kier molecular flexibility index (Phi) is 5.58. The number of fused-ring (bicyclic) bond motifs is 1. The molecule has 2 aromatic rings. The van der Waals surface area contributed by atoms with E-state index in [-0.39, 0.29) is 23.9 Å². The minimum absolute atomic E-state index is 0.0985. The summed E-state index contributed by atoms with van der Waals surface area (Å²) in [6.07, 6.45) is 0.193. The second-order valence-corrected chi connectivity index (χ2v) is 9.04. The number of sulfonamides is 1. The molecule has 0 saturated carbocycles. The van der Waals surface area contributed by atoms with Crippen molar-refractivity contribution in [3.8, 4) is 5.75 Å². The van der Waals surface area contributed by atoms with Crippen LogP contribution in [0.25, 0.3) is 0 Å². The lowest BCUT2D eigenvalue weighted by Crippen LogP contribution is -2.52. The minimum atomic E-state index is -3.60.